The summed E-state index contributed by atoms with van der Waals surface area (Å²) in [6, 6.07) is 183. The number of rotatable bonds is 13. The van der Waals surface area contributed by atoms with E-state index in [1.807, 2.05) is 0 Å². The van der Waals surface area contributed by atoms with Crippen molar-refractivity contribution in [3.8, 4) is 89.3 Å². The number of benzene rings is 22. The van der Waals surface area contributed by atoms with E-state index in [1.54, 1.807) is 0 Å². The molecular formula is C125H82N4. The van der Waals surface area contributed by atoms with Crippen LogP contribution in [0.5, 0.6) is 0 Å². The lowest BCUT2D eigenvalue weighted by atomic mass is 9.70. The van der Waals surface area contributed by atoms with Gasteiger partial charge in [0, 0.05) is 67.0 Å². The van der Waals surface area contributed by atoms with Crippen LogP contribution in [0.4, 0.5) is 34.1 Å². The van der Waals surface area contributed by atoms with Crippen LogP contribution >= 0.6 is 0 Å². The fraction of sp³-hybridized carbons (Fsp3) is 0.00800. The van der Waals surface area contributed by atoms with Crippen LogP contribution in [0.25, 0.3) is 176 Å². The zero-order chi connectivity index (χ0) is 85.0. The number of hydrogen-bond donors (Lipinski definition) is 0. The first-order valence-electron chi connectivity index (χ1n) is 44.6. The van der Waals surface area contributed by atoms with E-state index in [-0.39, 0.29) is 0 Å². The topological polar surface area (TPSA) is 16.3 Å². The van der Waals surface area contributed by atoms with Gasteiger partial charge in [0.2, 0.25) is 0 Å². The van der Waals surface area contributed by atoms with E-state index in [0.717, 1.165) is 45.5 Å². The predicted molar refractivity (Wildman–Crippen MR) is 544 cm³/mol. The summed E-state index contributed by atoms with van der Waals surface area (Å²) in [5.74, 6) is 0. The number of para-hydroxylation sites is 6. The van der Waals surface area contributed by atoms with Gasteiger partial charge in [0.1, 0.15) is 0 Å². The molecule has 0 radical (unpaired) electrons. The van der Waals surface area contributed by atoms with Crippen molar-refractivity contribution in [3.63, 3.8) is 0 Å². The second kappa shape index (κ2) is 30.8. The van der Waals surface area contributed by atoms with E-state index in [2.05, 4.69) is 516 Å². The molecule has 4 heteroatoms. The molecule has 2 aliphatic rings. The van der Waals surface area contributed by atoms with Gasteiger partial charge in [-0.3, -0.25) is 0 Å². The van der Waals surface area contributed by atoms with Gasteiger partial charge in [-0.05, 0) is 271 Å². The fourth-order valence-corrected chi connectivity index (χ4v) is 21.7. The summed E-state index contributed by atoms with van der Waals surface area (Å²) in [4.78, 5) is 4.76. The van der Waals surface area contributed by atoms with Gasteiger partial charge in [-0.15, -0.1) is 0 Å². The summed E-state index contributed by atoms with van der Waals surface area (Å²) in [6.07, 6.45) is 0. The molecule has 129 heavy (non-hydrogen) atoms. The minimum Gasteiger partial charge on any atom is -0.310 e. The molecule has 26 rings (SSSR count). The lowest BCUT2D eigenvalue weighted by Crippen LogP contribution is -2.25. The van der Waals surface area contributed by atoms with E-state index in [1.165, 1.54) is 187 Å². The molecule has 0 N–H and O–H groups in total. The molecule has 0 aliphatic heterocycles. The Morgan fingerprint density at radius 1 is 0.147 bits per heavy atom. The molecule has 0 bridgehead atoms. The number of anilines is 6. The minimum absolute atomic E-state index is 0.414. The fourth-order valence-electron chi connectivity index (χ4n) is 21.7. The number of nitrogens with zero attached hydrogens (tertiary/aromatic N) is 4. The Bertz CT molecular complexity index is 8330. The molecule has 0 atom stereocenters. The van der Waals surface area contributed by atoms with Gasteiger partial charge in [-0.25, -0.2) is 0 Å². The minimum atomic E-state index is -0.414. The Balaban J connectivity index is 0.000000143. The van der Waals surface area contributed by atoms with Crippen LogP contribution in [-0.4, -0.2) is 9.13 Å². The van der Waals surface area contributed by atoms with Crippen LogP contribution in [0.1, 0.15) is 22.3 Å². The van der Waals surface area contributed by atoms with Gasteiger partial charge in [0.05, 0.1) is 27.5 Å². The largest absolute Gasteiger partial charge is 0.310 e. The van der Waals surface area contributed by atoms with E-state index in [9.17, 15) is 0 Å². The molecule has 2 heterocycles. The van der Waals surface area contributed by atoms with Crippen LogP contribution in [-0.2, 0) is 5.41 Å². The Morgan fingerprint density at radius 3 is 0.767 bits per heavy atom. The molecule has 0 fully saturated rings. The maximum atomic E-state index is 2.53. The highest BCUT2D eigenvalue weighted by molar-refractivity contribution is 6.24. The molecule has 0 amide bonds. The number of fused-ring (bicyclic) bond motifs is 20. The number of aromatic nitrogens is 2. The van der Waals surface area contributed by atoms with E-state index in [4.69, 9.17) is 0 Å². The first-order chi connectivity index (χ1) is 64.1. The van der Waals surface area contributed by atoms with E-state index in [0.29, 0.717) is 0 Å². The summed E-state index contributed by atoms with van der Waals surface area (Å²) in [7, 11) is 0. The highest BCUT2D eigenvalue weighted by Gasteiger charge is 2.51. The van der Waals surface area contributed by atoms with Crippen molar-refractivity contribution in [2.45, 2.75) is 5.41 Å². The first kappa shape index (κ1) is 74.7. The van der Waals surface area contributed by atoms with Crippen molar-refractivity contribution in [2.75, 3.05) is 9.80 Å². The summed E-state index contributed by atoms with van der Waals surface area (Å²) < 4.78 is 4.75. The molecule has 1 spiro atoms. The maximum absolute atomic E-state index is 2.53. The third-order valence-electron chi connectivity index (χ3n) is 27.1. The molecule has 0 saturated heterocycles. The quantitative estimate of drug-likeness (QED) is 0.107. The maximum Gasteiger partial charge on any atom is 0.0725 e. The predicted octanol–water partition coefficient (Wildman–Crippen LogP) is 33.8. The van der Waals surface area contributed by atoms with Crippen LogP contribution in [0, 0.1) is 0 Å². The molecule has 0 saturated carbocycles. The molecule has 2 aromatic heterocycles. The van der Waals surface area contributed by atoms with Crippen molar-refractivity contribution < 1.29 is 0 Å². The standard InChI is InChI=1S/C69H44N2.C56H38N2/c1-3-19-47(20-4-1)70(50-40-42-66-60(44-50)55-26-14-18-34-65(55)71(66)48-21-5-2-6-22-48)49-38-35-45(36-39-49)67-56-27-7-9-29-58(56)68(59-30-10-8-28-57(59)67)46-37-41-54-53-25-13-17-33-63(53)69(64(54)43-46)61-31-15-11-23-51(61)52-24-12-16-32-62(52)69;1-4-16-39(17-5-1)40-28-30-41(31-29-40)55-48-23-10-12-25-50(48)56(51-26-13-11-24-49(51)55)42-32-34-45(35-33-42)57(43-18-6-2-7-19-43)46-36-37-54-52(38-46)47-22-14-15-27-53(47)58(54)44-20-8-3-9-21-44/h1-44H;1-38H. The van der Waals surface area contributed by atoms with Gasteiger partial charge >= 0.3 is 0 Å². The van der Waals surface area contributed by atoms with E-state index >= 15 is 0 Å². The molecule has 24 aromatic rings. The molecule has 2 aliphatic carbocycles. The van der Waals surface area contributed by atoms with Crippen molar-refractivity contribution in [2.24, 2.45) is 0 Å². The molecular weight excluding hydrogens is 1560 g/mol. The van der Waals surface area contributed by atoms with Crippen molar-refractivity contribution in [1.82, 2.24) is 9.13 Å². The van der Waals surface area contributed by atoms with Crippen LogP contribution in [0.3, 0.4) is 0 Å². The average Bonchev–Trinajstić information content (AvgIpc) is 1.51. The SMILES string of the molecule is c1ccc(-c2ccc(-c3c4ccccc4c(-c4ccc(N(c5ccccc5)c5ccc6c(c5)c5ccccc5n6-c5ccccc5)cc4)c4ccccc34)cc2)cc1.c1ccc(N(c2ccc(-c3c4ccccc4c(-c4ccc5c(c4)C4(c6ccccc6-c6ccccc64)c4ccccc4-5)c4ccccc34)cc2)c2ccc3c(c2)c2ccccc2n3-c2ccccc2)cc1. The Hall–Kier alpha value is -16.9. The monoisotopic (exact) mass is 1640 g/mol. The van der Waals surface area contributed by atoms with Crippen LogP contribution in [0.15, 0.2) is 497 Å². The smallest absolute Gasteiger partial charge is 0.0725 e. The summed E-state index contributed by atoms with van der Waals surface area (Å²) in [5, 5.41) is 14.9. The van der Waals surface area contributed by atoms with Gasteiger partial charge in [0.25, 0.3) is 0 Å². The lowest BCUT2D eigenvalue weighted by Gasteiger charge is -2.31. The van der Waals surface area contributed by atoms with Gasteiger partial charge in [-0.2, -0.15) is 0 Å². The van der Waals surface area contributed by atoms with Gasteiger partial charge in [0.15, 0.2) is 0 Å². The first-order valence-corrected chi connectivity index (χ1v) is 44.6. The van der Waals surface area contributed by atoms with Crippen LogP contribution < -0.4 is 9.80 Å². The Morgan fingerprint density at radius 2 is 0.395 bits per heavy atom. The normalized spacial score (nSPS) is 12.2. The lowest BCUT2D eigenvalue weighted by molar-refractivity contribution is 0.794. The molecule has 4 nitrogen and oxygen atoms in total. The highest BCUT2D eigenvalue weighted by atomic mass is 15.1. The summed E-state index contributed by atoms with van der Waals surface area (Å²) in [5.41, 5.74) is 36.3. The highest BCUT2D eigenvalue weighted by Crippen LogP contribution is 2.64. The van der Waals surface area contributed by atoms with Crippen molar-refractivity contribution >= 4 is 121 Å². The molecule has 22 aromatic carbocycles. The van der Waals surface area contributed by atoms with E-state index < -0.39 is 5.41 Å². The van der Waals surface area contributed by atoms with Crippen molar-refractivity contribution in [3.05, 3.63) is 520 Å². The Kier molecular flexibility index (Phi) is 17.8. The zero-order valence-electron chi connectivity index (χ0n) is 70.6. The van der Waals surface area contributed by atoms with Crippen molar-refractivity contribution in [1.29, 1.82) is 0 Å². The second-order valence-electron chi connectivity index (χ2n) is 34.0. The second-order valence-corrected chi connectivity index (χ2v) is 34.0. The van der Waals surface area contributed by atoms with Gasteiger partial charge < -0.3 is 18.9 Å². The van der Waals surface area contributed by atoms with Gasteiger partial charge in [-0.1, -0.05) is 370 Å². The third kappa shape index (κ3) is 12.1. The molecule has 602 valence electrons. The summed E-state index contributed by atoms with van der Waals surface area (Å²) in [6.45, 7) is 0. The Labute approximate surface area is 748 Å². The average molecular weight is 1640 g/mol. The zero-order valence-corrected chi connectivity index (χ0v) is 70.6. The number of hydrogen-bond acceptors (Lipinski definition) is 2. The van der Waals surface area contributed by atoms with Crippen LogP contribution in [0.2, 0.25) is 0 Å². The summed E-state index contributed by atoms with van der Waals surface area (Å²) >= 11 is 0. The molecule has 0 unspecified atom stereocenters. The third-order valence-corrected chi connectivity index (χ3v) is 27.1.